The Balaban J connectivity index is 1.11. The van der Waals surface area contributed by atoms with Crippen LogP contribution < -0.4 is 5.32 Å². The minimum absolute atomic E-state index is 0.00774. The lowest BCUT2D eigenvalue weighted by Crippen LogP contribution is -2.44. The van der Waals surface area contributed by atoms with Gasteiger partial charge in [-0.15, -0.1) is 11.3 Å². The number of rotatable bonds is 6. The standard InChI is InChI=1S/C27H29ClN6O3S/c28-22-14-30-27(31-20-5-10-37-11-6-20)32-24(22)18-1-2-19-15-34(26(36)21(19)13-18)16-23(35)33-8-3-17(4-9-33)25-29-7-12-38-25/h1-2,7,12-14,17,20H,3-6,8-11,15-16H2,(H,30,31,32). The summed E-state index contributed by atoms with van der Waals surface area (Å²) in [6.07, 6.45) is 7.02. The van der Waals surface area contributed by atoms with Gasteiger partial charge in [0.1, 0.15) is 6.54 Å². The van der Waals surface area contributed by atoms with Crippen molar-refractivity contribution in [3.63, 3.8) is 0 Å². The molecule has 9 nitrogen and oxygen atoms in total. The predicted molar refractivity (Wildman–Crippen MR) is 145 cm³/mol. The van der Waals surface area contributed by atoms with E-state index >= 15 is 0 Å². The first-order valence-corrected chi connectivity index (χ1v) is 14.3. The monoisotopic (exact) mass is 552 g/mol. The van der Waals surface area contributed by atoms with Gasteiger partial charge in [0.2, 0.25) is 11.9 Å². The number of halogens is 1. The SMILES string of the molecule is O=C(CN1Cc2ccc(-c3nc(NC4CCOCC4)ncc3Cl)cc2C1=O)N1CCC(c2nccs2)CC1. The van der Waals surface area contributed by atoms with Crippen LogP contribution in [0.25, 0.3) is 11.3 Å². The molecular formula is C27H29ClN6O3S. The molecule has 5 heterocycles. The first-order valence-electron chi connectivity index (χ1n) is 13.0. The number of aromatic nitrogens is 3. The summed E-state index contributed by atoms with van der Waals surface area (Å²) in [6, 6.07) is 5.93. The van der Waals surface area contributed by atoms with Crippen LogP contribution in [0.2, 0.25) is 5.02 Å². The van der Waals surface area contributed by atoms with Crippen molar-refractivity contribution >= 4 is 40.7 Å². The van der Waals surface area contributed by atoms with Crippen molar-refractivity contribution in [2.75, 3.05) is 38.2 Å². The number of carbonyl (C=O) groups excluding carboxylic acids is 2. The number of anilines is 1. The molecule has 2 amide bonds. The maximum atomic E-state index is 13.3. The highest BCUT2D eigenvalue weighted by Crippen LogP contribution is 2.33. The number of thiazole rings is 1. The normalized spacial score (nSPS) is 18.6. The summed E-state index contributed by atoms with van der Waals surface area (Å²) in [6.45, 7) is 3.32. The number of likely N-dealkylation sites (tertiary alicyclic amines) is 1. The highest BCUT2D eigenvalue weighted by molar-refractivity contribution is 7.09. The number of benzene rings is 1. The van der Waals surface area contributed by atoms with Crippen molar-refractivity contribution in [2.45, 2.75) is 44.2 Å². The molecule has 2 saturated heterocycles. The molecule has 3 aliphatic heterocycles. The molecule has 198 valence electrons. The van der Waals surface area contributed by atoms with Gasteiger partial charge in [-0.05, 0) is 37.3 Å². The van der Waals surface area contributed by atoms with Gasteiger partial charge in [0.15, 0.2) is 0 Å². The number of piperidine rings is 1. The fourth-order valence-electron chi connectivity index (χ4n) is 5.38. The Morgan fingerprint density at radius 1 is 1.16 bits per heavy atom. The molecular weight excluding hydrogens is 524 g/mol. The Kier molecular flexibility index (Phi) is 7.27. The van der Waals surface area contributed by atoms with Crippen LogP contribution in [0.15, 0.2) is 36.0 Å². The van der Waals surface area contributed by atoms with Gasteiger partial charge < -0.3 is 19.9 Å². The number of hydrogen-bond acceptors (Lipinski definition) is 8. The van der Waals surface area contributed by atoms with Crippen molar-refractivity contribution < 1.29 is 14.3 Å². The largest absolute Gasteiger partial charge is 0.381 e. The lowest BCUT2D eigenvalue weighted by molar-refractivity contribution is -0.133. The smallest absolute Gasteiger partial charge is 0.254 e. The number of amides is 2. The van der Waals surface area contributed by atoms with E-state index in [1.807, 2.05) is 34.7 Å². The van der Waals surface area contributed by atoms with Crippen LogP contribution in [-0.2, 0) is 16.1 Å². The van der Waals surface area contributed by atoms with E-state index in [9.17, 15) is 9.59 Å². The summed E-state index contributed by atoms with van der Waals surface area (Å²) in [4.78, 5) is 43.3. The van der Waals surface area contributed by atoms with Crippen molar-refractivity contribution in [3.8, 4) is 11.3 Å². The average molecular weight is 553 g/mol. The minimum atomic E-state index is -0.140. The van der Waals surface area contributed by atoms with Crippen LogP contribution in [0.5, 0.6) is 0 Å². The van der Waals surface area contributed by atoms with E-state index in [4.69, 9.17) is 16.3 Å². The van der Waals surface area contributed by atoms with Gasteiger partial charge in [-0.3, -0.25) is 9.59 Å². The van der Waals surface area contributed by atoms with Gasteiger partial charge in [0.25, 0.3) is 5.91 Å². The van der Waals surface area contributed by atoms with Gasteiger partial charge in [-0.2, -0.15) is 0 Å². The molecule has 3 aromatic rings. The van der Waals surface area contributed by atoms with Crippen LogP contribution >= 0.6 is 22.9 Å². The summed E-state index contributed by atoms with van der Waals surface area (Å²) in [5.74, 6) is 0.774. The maximum absolute atomic E-state index is 13.3. The average Bonchev–Trinajstić information content (AvgIpc) is 3.59. The van der Waals surface area contributed by atoms with Gasteiger partial charge in [-0.25, -0.2) is 15.0 Å². The lowest BCUT2D eigenvalue weighted by atomic mass is 9.97. The van der Waals surface area contributed by atoms with E-state index in [0.29, 0.717) is 47.8 Å². The molecule has 0 radical (unpaired) electrons. The van der Waals surface area contributed by atoms with Crippen molar-refractivity contribution in [1.29, 1.82) is 0 Å². The van der Waals surface area contributed by atoms with Crippen molar-refractivity contribution in [3.05, 3.63) is 57.1 Å². The van der Waals surface area contributed by atoms with Crippen molar-refractivity contribution in [1.82, 2.24) is 24.8 Å². The van der Waals surface area contributed by atoms with Gasteiger partial charge in [0.05, 0.1) is 21.9 Å². The summed E-state index contributed by atoms with van der Waals surface area (Å²) in [7, 11) is 0. The highest BCUT2D eigenvalue weighted by Gasteiger charge is 2.32. The number of nitrogens with zero attached hydrogens (tertiary/aromatic N) is 5. The van der Waals surface area contributed by atoms with E-state index in [2.05, 4.69) is 20.3 Å². The number of carbonyl (C=O) groups is 2. The summed E-state index contributed by atoms with van der Waals surface area (Å²) in [5.41, 5.74) is 2.81. The molecule has 0 saturated carbocycles. The second-order valence-corrected chi connectivity index (χ2v) is 11.3. The fraction of sp³-hybridized carbons (Fsp3) is 0.444. The number of hydrogen-bond donors (Lipinski definition) is 1. The molecule has 2 fully saturated rings. The molecule has 0 bridgehead atoms. The zero-order valence-electron chi connectivity index (χ0n) is 20.9. The van der Waals surface area contributed by atoms with E-state index in [1.54, 1.807) is 22.4 Å². The minimum Gasteiger partial charge on any atom is -0.381 e. The highest BCUT2D eigenvalue weighted by atomic mass is 35.5. The quantitative estimate of drug-likeness (QED) is 0.489. The third kappa shape index (κ3) is 5.25. The zero-order valence-corrected chi connectivity index (χ0v) is 22.5. The molecule has 1 N–H and O–H groups in total. The second-order valence-electron chi connectivity index (χ2n) is 9.98. The van der Waals surface area contributed by atoms with Gasteiger partial charge in [0, 0.05) is 67.5 Å². The van der Waals surface area contributed by atoms with Gasteiger partial charge >= 0.3 is 0 Å². The molecule has 6 rings (SSSR count). The van der Waals surface area contributed by atoms with E-state index < -0.39 is 0 Å². The Morgan fingerprint density at radius 3 is 2.74 bits per heavy atom. The van der Waals surface area contributed by atoms with Crippen molar-refractivity contribution in [2.24, 2.45) is 0 Å². The molecule has 1 aromatic carbocycles. The zero-order chi connectivity index (χ0) is 26.1. The second kappa shape index (κ2) is 11.0. The maximum Gasteiger partial charge on any atom is 0.254 e. The van der Waals surface area contributed by atoms with Crippen LogP contribution in [0.1, 0.15) is 52.5 Å². The Morgan fingerprint density at radius 2 is 1.97 bits per heavy atom. The third-order valence-electron chi connectivity index (χ3n) is 7.54. The topological polar surface area (TPSA) is 101 Å². The summed E-state index contributed by atoms with van der Waals surface area (Å²) >= 11 is 8.14. The molecule has 0 unspecified atom stereocenters. The van der Waals surface area contributed by atoms with Crippen LogP contribution in [0.3, 0.4) is 0 Å². The first kappa shape index (κ1) is 25.2. The number of nitrogens with one attached hydrogen (secondary N) is 1. The summed E-state index contributed by atoms with van der Waals surface area (Å²) in [5, 5.41) is 6.93. The lowest BCUT2D eigenvalue weighted by Gasteiger charge is -2.32. The molecule has 38 heavy (non-hydrogen) atoms. The van der Waals surface area contributed by atoms with E-state index in [0.717, 1.165) is 55.0 Å². The van der Waals surface area contributed by atoms with E-state index in [1.165, 1.54) is 0 Å². The Labute approximate surface area is 230 Å². The molecule has 0 spiro atoms. The first-order chi connectivity index (χ1) is 18.5. The summed E-state index contributed by atoms with van der Waals surface area (Å²) < 4.78 is 5.42. The molecule has 11 heteroatoms. The molecule has 0 aliphatic carbocycles. The molecule has 2 aromatic heterocycles. The van der Waals surface area contributed by atoms with Crippen LogP contribution in [-0.4, -0.2) is 75.5 Å². The fourth-order valence-corrected chi connectivity index (χ4v) is 6.39. The van der Waals surface area contributed by atoms with Crippen LogP contribution in [0, 0.1) is 0 Å². The van der Waals surface area contributed by atoms with Gasteiger partial charge in [-0.1, -0.05) is 23.7 Å². The number of fused-ring (bicyclic) bond motifs is 1. The Hall–Kier alpha value is -3.08. The third-order valence-corrected chi connectivity index (χ3v) is 8.75. The Bertz CT molecular complexity index is 1320. The molecule has 0 atom stereocenters. The molecule has 3 aliphatic rings. The van der Waals surface area contributed by atoms with Crippen LogP contribution in [0.4, 0.5) is 5.95 Å². The van der Waals surface area contributed by atoms with E-state index in [-0.39, 0.29) is 24.4 Å². The predicted octanol–water partition coefficient (Wildman–Crippen LogP) is 4.21. The number of ether oxygens (including phenoxy) is 1.